The van der Waals surface area contributed by atoms with E-state index in [9.17, 15) is 14.9 Å². The first-order valence-electron chi connectivity index (χ1n) is 5.21. The van der Waals surface area contributed by atoms with E-state index in [0.29, 0.717) is 6.54 Å². The third kappa shape index (κ3) is 3.05. The molecule has 0 aliphatic heterocycles. The quantitative estimate of drug-likeness (QED) is 0.643. The van der Waals surface area contributed by atoms with Crippen molar-refractivity contribution in [3.63, 3.8) is 0 Å². The Bertz CT molecular complexity index is 612. The number of nitrogens with one attached hydrogen (secondary N) is 1. The number of aromatic nitrogens is 1. The van der Waals surface area contributed by atoms with Crippen molar-refractivity contribution in [2.45, 2.75) is 6.54 Å². The van der Waals surface area contributed by atoms with Crippen molar-refractivity contribution >= 4 is 28.8 Å². The van der Waals surface area contributed by atoms with Crippen LogP contribution in [0.3, 0.4) is 0 Å². The predicted molar refractivity (Wildman–Crippen MR) is 69.5 cm³/mol. The summed E-state index contributed by atoms with van der Waals surface area (Å²) in [5, 5.41) is 26.2. The summed E-state index contributed by atoms with van der Waals surface area (Å²) in [5.74, 6) is -1.27. The first-order valence-corrected chi connectivity index (χ1v) is 6.16. The Labute approximate surface area is 111 Å². The number of carbonyl (C=O) groups is 1. The van der Waals surface area contributed by atoms with Crippen LogP contribution < -0.4 is 5.32 Å². The topological polar surface area (TPSA) is 105 Å². The summed E-state index contributed by atoms with van der Waals surface area (Å²) in [6.45, 7) is 0.348. The van der Waals surface area contributed by atoms with Crippen LogP contribution in [0.4, 0.5) is 11.5 Å². The highest BCUT2D eigenvalue weighted by Crippen LogP contribution is 2.23. The zero-order valence-corrected chi connectivity index (χ0v) is 10.4. The Morgan fingerprint density at radius 2 is 2.26 bits per heavy atom. The lowest BCUT2D eigenvalue weighted by Gasteiger charge is -2.05. The molecule has 0 saturated heterocycles. The van der Waals surface area contributed by atoms with Crippen molar-refractivity contribution in [1.82, 2.24) is 4.98 Å². The Balaban J connectivity index is 2.27. The maximum Gasteiger partial charge on any atom is 0.354 e. The lowest BCUT2D eigenvalue weighted by Crippen LogP contribution is -2.08. The van der Waals surface area contributed by atoms with E-state index in [-0.39, 0.29) is 17.2 Å². The molecular weight excluding hydrogens is 270 g/mol. The van der Waals surface area contributed by atoms with Crippen LogP contribution in [-0.2, 0) is 6.54 Å². The van der Waals surface area contributed by atoms with Gasteiger partial charge in [0.25, 0.3) is 0 Å². The van der Waals surface area contributed by atoms with Crippen LogP contribution in [0, 0.1) is 10.1 Å². The molecule has 0 spiro atoms. The molecule has 0 aliphatic rings. The normalized spacial score (nSPS) is 10.1. The third-order valence-corrected chi connectivity index (χ3v) is 3.06. The van der Waals surface area contributed by atoms with Crippen molar-refractivity contribution in [3.05, 3.63) is 50.3 Å². The van der Waals surface area contributed by atoms with Crippen molar-refractivity contribution in [3.8, 4) is 0 Å². The molecule has 19 heavy (non-hydrogen) atoms. The molecule has 0 bridgehead atoms. The van der Waals surface area contributed by atoms with Gasteiger partial charge in [0.2, 0.25) is 5.82 Å². The minimum absolute atomic E-state index is 0.0453. The highest BCUT2D eigenvalue weighted by Gasteiger charge is 2.18. The first kappa shape index (κ1) is 13.0. The zero-order chi connectivity index (χ0) is 13.8. The summed E-state index contributed by atoms with van der Waals surface area (Å²) in [6, 6.07) is 4.10. The predicted octanol–water partition coefficient (Wildman–Crippen LogP) is 2.36. The van der Waals surface area contributed by atoms with Gasteiger partial charge in [0.1, 0.15) is 0 Å². The number of nitrogens with zero attached hydrogens (tertiary/aromatic N) is 2. The fourth-order valence-electron chi connectivity index (χ4n) is 1.43. The number of pyridine rings is 1. The highest BCUT2D eigenvalue weighted by molar-refractivity contribution is 7.07. The Kier molecular flexibility index (Phi) is 3.71. The molecule has 0 amide bonds. The van der Waals surface area contributed by atoms with Gasteiger partial charge in [-0.05, 0) is 28.5 Å². The van der Waals surface area contributed by atoms with Crippen LogP contribution in [-0.4, -0.2) is 21.0 Å². The molecule has 2 N–H and O–H groups in total. The van der Waals surface area contributed by atoms with Crippen molar-refractivity contribution in [2.75, 3.05) is 5.32 Å². The molecular formula is C11H9N3O4S. The molecule has 0 radical (unpaired) electrons. The van der Waals surface area contributed by atoms with Gasteiger partial charge in [0, 0.05) is 12.6 Å². The Morgan fingerprint density at radius 1 is 1.47 bits per heavy atom. The second-order valence-corrected chi connectivity index (χ2v) is 4.39. The molecule has 0 fully saturated rings. The molecule has 2 heterocycles. The molecule has 2 aromatic heterocycles. The average Bonchev–Trinajstić information content (AvgIpc) is 2.88. The monoisotopic (exact) mass is 279 g/mol. The largest absolute Gasteiger partial charge is 0.477 e. The molecule has 0 atom stereocenters. The summed E-state index contributed by atoms with van der Waals surface area (Å²) < 4.78 is 0. The van der Waals surface area contributed by atoms with Gasteiger partial charge in [0.05, 0.1) is 4.92 Å². The SMILES string of the molecule is O=C(O)c1ccc([N+](=O)[O-])c(NCc2ccsc2)n1. The fraction of sp³-hybridized carbons (Fsp3) is 0.0909. The molecule has 2 aromatic rings. The minimum Gasteiger partial charge on any atom is -0.477 e. The van der Waals surface area contributed by atoms with Crippen molar-refractivity contribution in [2.24, 2.45) is 0 Å². The minimum atomic E-state index is -1.23. The number of thiophene rings is 1. The van der Waals surface area contributed by atoms with Gasteiger partial charge in [-0.1, -0.05) is 0 Å². The average molecular weight is 279 g/mol. The number of aromatic carboxylic acids is 1. The summed E-state index contributed by atoms with van der Waals surface area (Å²) in [6.07, 6.45) is 0. The number of hydrogen-bond acceptors (Lipinski definition) is 6. The van der Waals surface area contributed by atoms with Gasteiger partial charge < -0.3 is 10.4 Å². The van der Waals surface area contributed by atoms with Crippen molar-refractivity contribution < 1.29 is 14.8 Å². The molecule has 0 aromatic carbocycles. The van der Waals surface area contributed by atoms with Crippen LogP contribution in [0.1, 0.15) is 16.1 Å². The fourth-order valence-corrected chi connectivity index (χ4v) is 2.10. The van der Waals surface area contributed by atoms with Crippen molar-refractivity contribution in [1.29, 1.82) is 0 Å². The van der Waals surface area contributed by atoms with Crippen LogP contribution in [0.25, 0.3) is 0 Å². The number of nitro groups is 1. The molecule has 8 heteroatoms. The molecule has 2 rings (SSSR count). The number of rotatable bonds is 5. The van der Waals surface area contributed by atoms with Gasteiger partial charge in [-0.3, -0.25) is 10.1 Å². The number of carboxylic acid groups (broad SMARTS) is 1. The number of carboxylic acids is 1. The van der Waals surface area contributed by atoms with E-state index in [0.717, 1.165) is 17.7 Å². The van der Waals surface area contributed by atoms with Gasteiger partial charge in [-0.25, -0.2) is 9.78 Å². The number of hydrogen-bond donors (Lipinski definition) is 2. The highest BCUT2D eigenvalue weighted by atomic mass is 32.1. The van der Waals surface area contributed by atoms with Crippen LogP contribution in [0.15, 0.2) is 29.0 Å². The van der Waals surface area contributed by atoms with Crippen LogP contribution >= 0.6 is 11.3 Å². The van der Waals surface area contributed by atoms with Gasteiger partial charge in [-0.2, -0.15) is 11.3 Å². The molecule has 98 valence electrons. The third-order valence-electron chi connectivity index (χ3n) is 2.33. The smallest absolute Gasteiger partial charge is 0.354 e. The maximum atomic E-state index is 10.8. The van der Waals surface area contributed by atoms with E-state index < -0.39 is 10.9 Å². The van der Waals surface area contributed by atoms with E-state index in [1.807, 2.05) is 16.8 Å². The Morgan fingerprint density at radius 3 is 2.84 bits per heavy atom. The first-order chi connectivity index (χ1) is 9.08. The Hall–Kier alpha value is -2.48. The van der Waals surface area contributed by atoms with E-state index in [2.05, 4.69) is 10.3 Å². The van der Waals surface area contributed by atoms with Gasteiger partial charge >= 0.3 is 11.7 Å². The maximum absolute atomic E-state index is 10.8. The summed E-state index contributed by atoms with van der Waals surface area (Å²) in [7, 11) is 0. The lowest BCUT2D eigenvalue weighted by molar-refractivity contribution is -0.384. The summed E-state index contributed by atoms with van der Waals surface area (Å²) in [4.78, 5) is 24.8. The number of anilines is 1. The second kappa shape index (κ2) is 5.44. The lowest BCUT2D eigenvalue weighted by atomic mass is 10.3. The summed E-state index contributed by atoms with van der Waals surface area (Å²) in [5.41, 5.74) is 0.459. The van der Waals surface area contributed by atoms with E-state index in [1.54, 1.807) is 0 Å². The molecule has 0 saturated carbocycles. The van der Waals surface area contributed by atoms with Crippen LogP contribution in [0.5, 0.6) is 0 Å². The second-order valence-electron chi connectivity index (χ2n) is 3.61. The standard InChI is InChI=1S/C11H9N3O4S/c15-11(16)8-1-2-9(14(17)18)10(13-8)12-5-7-3-4-19-6-7/h1-4,6H,5H2,(H,12,13)(H,15,16). The van der Waals surface area contributed by atoms with Gasteiger partial charge in [-0.15, -0.1) is 0 Å². The zero-order valence-electron chi connectivity index (χ0n) is 9.57. The molecule has 0 unspecified atom stereocenters. The molecule has 7 nitrogen and oxygen atoms in total. The van der Waals surface area contributed by atoms with E-state index in [1.165, 1.54) is 11.3 Å². The van der Waals surface area contributed by atoms with Crippen LogP contribution in [0.2, 0.25) is 0 Å². The molecule has 0 aliphatic carbocycles. The van der Waals surface area contributed by atoms with E-state index >= 15 is 0 Å². The van der Waals surface area contributed by atoms with E-state index in [4.69, 9.17) is 5.11 Å². The van der Waals surface area contributed by atoms with Gasteiger partial charge in [0.15, 0.2) is 5.69 Å². The summed E-state index contributed by atoms with van der Waals surface area (Å²) >= 11 is 1.50.